The minimum atomic E-state index is 0.108. The van der Waals surface area contributed by atoms with Gasteiger partial charge >= 0.3 is 0 Å². The van der Waals surface area contributed by atoms with Crippen molar-refractivity contribution in [1.29, 1.82) is 0 Å². The van der Waals surface area contributed by atoms with Gasteiger partial charge in [0.05, 0.1) is 6.61 Å². The third-order valence-electron chi connectivity index (χ3n) is 2.98. The first-order chi connectivity index (χ1) is 8.20. The highest BCUT2D eigenvalue weighted by Crippen LogP contribution is 2.29. The number of nitrogens with zero attached hydrogens (tertiary/aromatic N) is 1. The first kappa shape index (κ1) is 12.1. The Labute approximate surface area is 103 Å². The van der Waals surface area contributed by atoms with Crippen molar-refractivity contribution in [2.45, 2.75) is 13.0 Å². The van der Waals surface area contributed by atoms with Crippen LogP contribution in [0.2, 0.25) is 0 Å². The summed E-state index contributed by atoms with van der Waals surface area (Å²) in [5, 5.41) is 9.34. The van der Waals surface area contributed by atoms with Crippen molar-refractivity contribution in [1.82, 2.24) is 4.90 Å². The molecule has 17 heavy (non-hydrogen) atoms. The second kappa shape index (κ2) is 5.30. The molecule has 0 radical (unpaired) electrons. The number of allylic oxidation sites excluding steroid dienone is 2. The van der Waals surface area contributed by atoms with E-state index < -0.39 is 0 Å². The minimum absolute atomic E-state index is 0.108. The quantitative estimate of drug-likeness (QED) is 0.857. The van der Waals surface area contributed by atoms with Gasteiger partial charge in [0.1, 0.15) is 0 Å². The average Bonchev–Trinajstić information content (AvgIpc) is 2.76. The number of hydrogen-bond acceptors (Lipinski definition) is 2. The van der Waals surface area contributed by atoms with Crippen molar-refractivity contribution in [3.63, 3.8) is 0 Å². The molecule has 0 fully saturated rings. The number of aliphatic hydroxyl groups is 1. The van der Waals surface area contributed by atoms with Crippen LogP contribution in [0.15, 0.2) is 42.0 Å². The van der Waals surface area contributed by atoms with E-state index in [1.807, 2.05) is 18.2 Å². The highest BCUT2D eigenvalue weighted by atomic mass is 16.3. The van der Waals surface area contributed by atoms with E-state index in [1.165, 1.54) is 16.7 Å². The van der Waals surface area contributed by atoms with Crippen LogP contribution in [0.3, 0.4) is 0 Å². The van der Waals surface area contributed by atoms with Gasteiger partial charge in [0.2, 0.25) is 0 Å². The van der Waals surface area contributed by atoms with Crippen LogP contribution in [0.25, 0.3) is 5.57 Å². The van der Waals surface area contributed by atoms with Crippen LogP contribution >= 0.6 is 0 Å². The molecule has 1 aliphatic rings. The van der Waals surface area contributed by atoms with Gasteiger partial charge in [-0.25, -0.2) is 0 Å². The van der Waals surface area contributed by atoms with Crippen molar-refractivity contribution in [2.75, 3.05) is 20.6 Å². The van der Waals surface area contributed by atoms with E-state index in [0.717, 1.165) is 18.5 Å². The smallest absolute Gasteiger partial charge is 0.0687 e. The number of hydrogen-bond donors (Lipinski definition) is 1. The molecule has 0 saturated carbocycles. The van der Waals surface area contributed by atoms with Gasteiger partial charge in [-0.15, -0.1) is 0 Å². The van der Waals surface area contributed by atoms with Crippen LogP contribution in [0.1, 0.15) is 17.5 Å². The Hall–Kier alpha value is -1.38. The molecule has 1 aromatic rings. The summed E-state index contributed by atoms with van der Waals surface area (Å²) in [6.07, 6.45) is 5.48. The Morgan fingerprint density at radius 2 is 2.00 bits per heavy atom. The number of benzene rings is 1. The van der Waals surface area contributed by atoms with E-state index in [1.54, 1.807) is 0 Å². The summed E-state index contributed by atoms with van der Waals surface area (Å²) in [7, 11) is 4.16. The molecule has 90 valence electrons. The molecule has 1 aliphatic carbocycles. The monoisotopic (exact) mass is 229 g/mol. The molecule has 1 N–H and O–H groups in total. The van der Waals surface area contributed by atoms with Crippen LogP contribution in [0.4, 0.5) is 0 Å². The Bertz CT molecular complexity index is 458. The Balaban J connectivity index is 2.20. The number of likely N-dealkylation sites (N-methyl/N-ethyl adjacent to an activating group) is 1. The number of aliphatic hydroxyl groups excluding tert-OH is 1. The molecule has 0 aliphatic heterocycles. The van der Waals surface area contributed by atoms with Crippen LogP contribution < -0.4 is 0 Å². The van der Waals surface area contributed by atoms with Crippen LogP contribution in [0.5, 0.6) is 0 Å². The molecule has 0 atom stereocenters. The summed E-state index contributed by atoms with van der Waals surface area (Å²) >= 11 is 0. The predicted octanol–water partition coefficient (Wildman–Crippen LogP) is 2.45. The molecule has 0 spiro atoms. The molecule has 0 bridgehead atoms. The van der Waals surface area contributed by atoms with Gasteiger partial charge in [-0.3, -0.25) is 0 Å². The zero-order valence-electron chi connectivity index (χ0n) is 10.5. The second-order valence-corrected chi connectivity index (χ2v) is 4.71. The van der Waals surface area contributed by atoms with Crippen molar-refractivity contribution in [3.05, 3.63) is 53.1 Å². The van der Waals surface area contributed by atoms with E-state index >= 15 is 0 Å². The van der Waals surface area contributed by atoms with Gasteiger partial charge in [-0.2, -0.15) is 0 Å². The molecule has 2 heteroatoms. The van der Waals surface area contributed by atoms with Crippen molar-refractivity contribution in [2.24, 2.45) is 0 Å². The summed E-state index contributed by atoms with van der Waals surface area (Å²) in [4.78, 5) is 2.17. The zero-order chi connectivity index (χ0) is 12.3. The lowest BCUT2D eigenvalue weighted by Crippen LogP contribution is -2.13. The lowest BCUT2D eigenvalue weighted by Gasteiger charge is -2.09. The second-order valence-electron chi connectivity index (χ2n) is 4.71. The zero-order valence-corrected chi connectivity index (χ0v) is 10.5. The van der Waals surface area contributed by atoms with E-state index in [-0.39, 0.29) is 6.61 Å². The topological polar surface area (TPSA) is 23.5 Å². The van der Waals surface area contributed by atoms with Gasteiger partial charge in [0.15, 0.2) is 0 Å². The summed E-state index contributed by atoms with van der Waals surface area (Å²) in [6.45, 7) is 1.08. The fourth-order valence-electron chi connectivity index (χ4n) is 2.22. The summed E-state index contributed by atoms with van der Waals surface area (Å²) in [6, 6.07) is 8.07. The fraction of sp³-hybridized carbons (Fsp3) is 0.333. The van der Waals surface area contributed by atoms with E-state index in [9.17, 15) is 5.11 Å². The first-order valence-corrected chi connectivity index (χ1v) is 5.94. The number of rotatable bonds is 4. The maximum Gasteiger partial charge on any atom is 0.0687 e. The third kappa shape index (κ3) is 2.84. The van der Waals surface area contributed by atoms with Gasteiger partial charge in [-0.1, -0.05) is 36.4 Å². The largest absolute Gasteiger partial charge is 0.392 e. The van der Waals surface area contributed by atoms with Crippen molar-refractivity contribution < 1.29 is 5.11 Å². The molecular weight excluding hydrogens is 210 g/mol. The van der Waals surface area contributed by atoms with Crippen LogP contribution in [-0.2, 0) is 6.61 Å². The predicted molar refractivity (Wildman–Crippen MR) is 71.6 cm³/mol. The molecule has 2 nitrogen and oxygen atoms in total. The molecule has 0 saturated heterocycles. The van der Waals surface area contributed by atoms with Gasteiger partial charge in [0, 0.05) is 6.54 Å². The summed E-state index contributed by atoms with van der Waals surface area (Å²) < 4.78 is 0. The van der Waals surface area contributed by atoms with Gasteiger partial charge in [0.25, 0.3) is 0 Å². The van der Waals surface area contributed by atoms with E-state index in [2.05, 4.69) is 37.2 Å². The third-order valence-corrected chi connectivity index (χ3v) is 2.98. The standard InChI is InChI=1S/C15H19NO/c1-16(2)10-12-7-8-13(9-12)15-6-4-3-5-14(15)11-17/h3-7,9,17H,8,10-11H2,1-2H3. The maximum atomic E-state index is 9.34. The SMILES string of the molecule is CN(C)CC1=CCC(c2ccccc2CO)=C1. The molecule has 0 unspecified atom stereocenters. The van der Waals surface area contributed by atoms with E-state index in [4.69, 9.17) is 0 Å². The Morgan fingerprint density at radius 3 is 2.71 bits per heavy atom. The molecular formula is C15H19NO. The van der Waals surface area contributed by atoms with Crippen molar-refractivity contribution >= 4 is 5.57 Å². The summed E-state index contributed by atoms with van der Waals surface area (Å²) in [5.41, 5.74) is 4.86. The Morgan fingerprint density at radius 1 is 1.24 bits per heavy atom. The Kier molecular flexibility index (Phi) is 3.77. The summed E-state index contributed by atoms with van der Waals surface area (Å²) in [5.74, 6) is 0. The van der Waals surface area contributed by atoms with E-state index in [0.29, 0.717) is 0 Å². The normalized spacial score (nSPS) is 15.1. The maximum absolute atomic E-state index is 9.34. The molecule has 0 aromatic heterocycles. The molecule has 0 amide bonds. The minimum Gasteiger partial charge on any atom is -0.392 e. The van der Waals surface area contributed by atoms with Crippen LogP contribution in [-0.4, -0.2) is 30.6 Å². The molecule has 2 rings (SSSR count). The lowest BCUT2D eigenvalue weighted by atomic mass is 9.99. The highest BCUT2D eigenvalue weighted by Gasteiger charge is 2.11. The molecule has 1 aromatic carbocycles. The average molecular weight is 229 g/mol. The van der Waals surface area contributed by atoms with Crippen molar-refractivity contribution in [3.8, 4) is 0 Å². The lowest BCUT2D eigenvalue weighted by molar-refractivity contribution is 0.281. The van der Waals surface area contributed by atoms with Crippen LogP contribution in [0, 0.1) is 0 Å². The fourth-order valence-corrected chi connectivity index (χ4v) is 2.22. The van der Waals surface area contributed by atoms with Gasteiger partial charge < -0.3 is 10.0 Å². The highest BCUT2D eigenvalue weighted by molar-refractivity contribution is 5.74. The first-order valence-electron chi connectivity index (χ1n) is 5.94. The molecule has 0 heterocycles. The van der Waals surface area contributed by atoms with Gasteiger partial charge in [-0.05, 0) is 42.8 Å².